The number of imide groups is 1. The lowest BCUT2D eigenvalue weighted by atomic mass is 9.92. The third kappa shape index (κ3) is 4.15. The molecule has 1 atom stereocenters. The van der Waals surface area contributed by atoms with Crippen LogP contribution in [0.15, 0.2) is 27.8 Å². The predicted octanol–water partition coefficient (Wildman–Crippen LogP) is 4.03. The smallest absolute Gasteiger partial charge is 0.327 e. The molecular weight excluding hydrogens is 438 g/mol. The van der Waals surface area contributed by atoms with Gasteiger partial charge in [0.1, 0.15) is 16.9 Å². The van der Waals surface area contributed by atoms with Crippen LogP contribution in [0.3, 0.4) is 0 Å². The molecule has 1 aliphatic carbocycles. The van der Waals surface area contributed by atoms with Gasteiger partial charge in [-0.1, -0.05) is 17.3 Å². The number of hydrogen-bond acceptors (Lipinski definition) is 6. The van der Waals surface area contributed by atoms with Crippen molar-refractivity contribution in [2.75, 3.05) is 13.6 Å². The van der Waals surface area contributed by atoms with E-state index in [1.54, 1.807) is 27.0 Å². The summed E-state index contributed by atoms with van der Waals surface area (Å²) in [5.41, 5.74) is 1.91. The van der Waals surface area contributed by atoms with Crippen molar-refractivity contribution in [3.8, 4) is 0 Å². The van der Waals surface area contributed by atoms with Crippen LogP contribution in [-0.2, 0) is 22.4 Å². The van der Waals surface area contributed by atoms with Crippen molar-refractivity contribution in [2.24, 2.45) is 11.1 Å². The number of urea groups is 1. The number of fused-ring (bicyclic) bond motifs is 3. The van der Waals surface area contributed by atoms with Crippen LogP contribution in [0, 0.1) is 5.92 Å². The highest BCUT2D eigenvalue weighted by atomic mass is 16.4. The summed E-state index contributed by atoms with van der Waals surface area (Å²) in [4.78, 5) is 39.4. The molecule has 3 amide bonds. The van der Waals surface area contributed by atoms with Gasteiger partial charge in [-0.25, -0.2) is 4.79 Å². The van der Waals surface area contributed by atoms with E-state index in [0.717, 1.165) is 42.4 Å². The van der Waals surface area contributed by atoms with E-state index in [0.29, 0.717) is 12.0 Å². The van der Waals surface area contributed by atoms with Crippen molar-refractivity contribution in [3.63, 3.8) is 0 Å². The predicted molar refractivity (Wildman–Crippen MR) is 125 cm³/mol. The molecule has 182 valence electrons. The van der Waals surface area contributed by atoms with Gasteiger partial charge in [0.25, 0.3) is 5.91 Å². The maximum atomic E-state index is 12.5. The van der Waals surface area contributed by atoms with Gasteiger partial charge in [0.2, 0.25) is 0 Å². The van der Waals surface area contributed by atoms with Gasteiger partial charge in [0.05, 0.1) is 11.6 Å². The SMILES string of the molecule is CN1C(=O)N(CCC[C@H](CC(=NO)c2ccc3c4c(oc3c2)CCCC4)C(=O)O)C(=O)C1(C)C. The monoisotopic (exact) mass is 469 g/mol. The van der Waals surface area contributed by atoms with Crippen molar-refractivity contribution in [3.05, 3.63) is 35.1 Å². The Kier molecular flexibility index (Phi) is 6.38. The highest BCUT2D eigenvalue weighted by Crippen LogP contribution is 2.33. The molecule has 0 unspecified atom stereocenters. The number of rotatable bonds is 8. The second-order valence-electron chi connectivity index (χ2n) is 9.71. The molecule has 9 heteroatoms. The van der Waals surface area contributed by atoms with E-state index in [4.69, 9.17) is 4.42 Å². The van der Waals surface area contributed by atoms with E-state index in [-0.39, 0.29) is 37.0 Å². The van der Waals surface area contributed by atoms with E-state index < -0.39 is 17.4 Å². The minimum absolute atomic E-state index is 0.0189. The van der Waals surface area contributed by atoms with Crippen molar-refractivity contribution in [2.45, 2.75) is 64.3 Å². The average Bonchev–Trinajstić information content (AvgIpc) is 3.25. The Labute approximate surface area is 198 Å². The number of nitrogens with zero attached hydrogens (tertiary/aromatic N) is 3. The highest BCUT2D eigenvalue weighted by Gasteiger charge is 2.48. The van der Waals surface area contributed by atoms with Gasteiger partial charge in [-0.05, 0) is 52.0 Å². The molecule has 2 aromatic rings. The fourth-order valence-electron chi connectivity index (χ4n) is 4.88. The summed E-state index contributed by atoms with van der Waals surface area (Å²) in [7, 11) is 1.58. The van der Waals surface area contributed by atoms with E-state index in [1.807, 2.05) is 12.1 Å². The first-order valence-corrected chi connectivity index (χ1v) is 11.7. The molecular formula is C25H31N3O6. The Balaban J connectivity index is 1.44. The largest absolute Gasteiger partial charge is 0.481 e. The molecule has 4 rings (SSSR count). The van der Waals surface area contributed by atoms with Crippen LogP contribution in [0.5, 0.6) is 0 Å². The third-order valence-electron chi connectivity index (χ3n) is 7.26. The molecule has 0 bridgehead atoms. The lowest BCUT2D eigenvalue weighted by molar-refractivity contribution is -0.141. The number of amides is 3. The van der Waals surface area contributed by atoms with Crippen molar-refractivity contribution in [1.29, 1.82) is 0 Å². The second-order valence-corrected chi connectivity index (χ2v) is 9.71. The molecule has 1 aromatic carbocycles. The first kappa shape index (κ1) is 23.8. The van der Waals surface area contributed by atoms with Crippen LogP contribution in [-0.4, -0.2) is 62.9 Å². The van der Waals surface area contributed by atoms with Crippen LogP contribution in [0.4, 0.5) is 4.79 Å². The molecule has 1 aliphatic heterocycles. The average molecular weight is 470 g/mol. The van der Waals surface area contributed by atoms with Gasteiger partial charge in [-0.2, -0.15) is 0 Å². The molecule has 2 aliphatic rings. The van der Waals surface area contributed by atoms with Crippen LogP contribution >= 0.6 is 0 Å². The summed E-state index contributed by atoms with van der Waals surface area (Å²) in [5.74, 6) is -1.14. The molecule has 0 spiro atoms. The number of benzene rings is 1. The molecule has 1 saturated heterocycles. The number of oxime groups is 1. The summed E-state index contributed by atoms with van der Waals surface area (Å²) in [5, 5.41) is 23.9. The molecule has 2 heterocycles. The summed E-state index contributed by atoms with van der Waals surface area (Å²) in [6, 6.07) is 5.21. The first-order valence-electron chi connectivity index (χ1n) is 11.7. The van der Waals surface area contributed by atoms with E-state index >= 15 is 0 Å². The van der Waals surface area contributed by atoms with E-state index in [2.05, 4.69) is 5.16 Å². The Hall–Kier alpha value is -3.36. The quantitative estimate of drug-likeness (QED) is 0.260. The fourth-order valence-corrected chi connectivity index (χ4v) is 4.88. The molecule has 1 aromatic heterocycles. The van der Waals surface area contributed by atoms with Crippen molar-refractivity contribution >= 4 is 34.6 Å². The summed E-state index contributed by atoms with van der Waals surface area (Å²) >= 11 is 0. The lowest BCUT2D eigenvalue weighted by Crippen LogP contribution is -2.41. The number of carboxylic acid groups (broad SMARTS) is 1. The van der Waals surface area contributed by atoms with Crippen molar-refractivity contribution in [1.82, 2.24) is 9.80 Å². The normalized spacial score (nSPS) is 19.1. The Morgan fingerprint density at radius 1 is 1.24 bits per heavy atom. The van der Waals surface area contributed by atoms with Gasteiger partial charge >= 0.3 is 12.0 Å². The van der Waals surface area contributed by atoms with Crippen molar-refractivity contribution < 1.29 is 29.1 Å². The first-order chi connectivity index (χ1) is 16.1. The third-order valence-corrected chi connectivity index (χ3v) is 7.26. The van der Waals surface area contributed by atoms with Crippen LogP contribution in [0.25, 0.3) is 11.0 Å². The number of furan rings is 1. The molecule has 1 fully saturated rings. The van der Waals surface area contributed by atoms with Crippen LogP contribution in [0.2, 0.25) is 0 Å². The lowest BCUT2D eigenvalue weighted by Gasteiger charge is -2.22. The number of likely N-dealkylation sites (N-methyl/N-ethyl adjacent to an activating group) is 1. The number of carbonyl (C=O) groups is 3. The topological polar surface area (TPSA) is 124 Å². The standard InChI is InChI=1S/C25H31N3O6/c1-25(2)23(31)28(24(32)27(25)3)12-6-7-16(22(29)30)13-19(26-33)15-10-11-18-17-8-4-5-9-20(17)34-21(18)14-15/h10-11,14,16,33H,4-9,12-13H2,1-3H3,(H,29,30)/t16-/m1/s1. The Bertz CT molecular complexity index is 1160. The van der Waals surface area contributed by atoms with Crippen LogP contribution < -0.4 is 0 Å². The molecule has 0 radical (unpaired) electrons. The zero-order chi connectivity index (χ0) is 24.6. The number of hydrogen-bond donors (Lipinski definition) is 2. The van der Waals surface area contributed by atoms with E-state index in [9.17, 15) is 24.7 Å². The summed E-state index contributed by atoms with van der Waals surface area (Å²) in [6.07, 6.45) is 4.72. The Morgan fingerprint density at radius 2 is 1.97 bits per heavy atom. The molecule has 9 nitrogen and oxygen atoms in total. The number of aliphatic carboxylic acids is 1. The Morgan fingerprint density at radius 3 is 2.62 bits per heavy atom. The molecule has 34 heavy (non-hydrogen) atoms. The van der Waals surface area contributed by atoms with Gasteiger partial charge in [0, 0.05) is 42.9 Å². The number of carboxylic acids is 1. The van der Waals surface area contributed by atoms with E-state index in [1.165, 1.54) is 15.4 Å². The highest BCUT2D eigenvalue weighted by molar-refractivity contribution is 6.06. The van der Waals surface area contributed by atoms with Gasteiger partial charge in [-0.3, -0.25) is 14.5 Å². The molecule has 2 N–H and O–H groups in total. The fraction of sp³-hybridized carbons (Fsp3) is 0.520. The minimum atomic E-state index is -1.02. The maximum absolute atomic E-state index is 12.5. The summed E-state index contributed by atoms with van der Waals surface area (Å²) < 4.78 is 6.02. The number of carbonyl (C=O) groups excluding carboxylic acids is 2. The maximum Gasteiger partial charge on any atom is 0.327 e. The van der Waals surface area contributed by atoms with Gasteiger partial charge < -0.3 is 19.6 Å². The summed E-state index contributed by atoms with van der Waals surface area (Å²) in [6.45, 7) is 3.51. The van der Waals surface area contributed by atoms with Gasteiger partial charge in [0.15, 0.2) is 0 Å². The minimum Gasteiger partial charge on any atom is -0.481 e. The molecule has 0 saturated carbocycles. The van der Waals surface area contributed by atoms with Crippen LogP contribution in [0.1, 0.15) is 62.8 Å². The number of aryl methyl sites for hydroxylation is 2. The van der Waals surface area contributed by atoms with Gasteiger partial charge in [-0.15, -0.1) is 0 Å². The zero-order valence-corrected chi connectivity index (χ0v) is 19.8. The zero-order valence-electron chi connectivity index (χ0n) is 19.8. The second kappa shape index (κ2) is 9.12.